The minimum atomic E-state index is -0.782. The number of rotatable bonds is 4. The van der Waals surface area contributed by atoms with E-state index < -0.39 is 17.8 Å². The van der Waals surface area contributed by atoms with Crippen LogP contribution in [0, 0.1) is 0 Å². The van der Waals surface area contributed by atoms with Gasteiger partial charge in [0.15, 0.2) is 0 Å². The fraction of sp³-hybridized carbons (Fsp3) is 0.375. The molecular weight excluding hydrogens is 300 g/mol. The first-order valence-corrected chi connectivity index (χ1v) is 7.44. The second-order valence-electron chi connectivity index (χ2n) is 5.63. The van der Waals surface area contributed by atoms with Gasteiger partial charge in [-0.2, -0.15) is 0 Å². The van der Waals surface area contributed by atoms with Gasteiger partial charge < -0.3 is 9.74 Å². The number of likely N-dealkylation sites (tertiary alicyclic amines) is 1. The summed E-state index contributed by atoms with van der Waals surface area (Å²) in [4.78, 5) is 52.9. The smallest absolute Gasteiger partial charge is 0.331 e. The van der Waals surface area contributed by atoms with E-state index in [1.54, 1.807) is 0 Å². The van der Waals surface area contributed by atoms with Gasteiger partial charge >= 0.3 is 5.97 Å². The fourth-order valence-electron chi connectivity index (χ4n) is 2.82. The fourth-order valence-corrected chi connectivity index (χ4v) is 2.82. The van der Waals surface area contributed by atoms with Crippen molar-refractivity contribution in [2.75, 3.05) is 13.1 Å². The highest BCUT2D eigenvalue weighted by atomic mass is 16.7. The van der Waals surface area contributed by atoms with Crippen LogP contribution in [0.15, 0.2) is 30.3 Å². The molecular formula is C16H16N2O5. The van der Waals surface area contributed by atoms with Crippen LogP contribution in [0.3, 0.4) is 0 Å². The lowest BCUT2D eigenvalue weighted by molar-refractivity contribution is -0.198. The summed E-state index contributed by atoms with van der Waals surface area (Å²) in [6, 6.07) is 9.60. The average Bonchev–Trinajstić information content (AvgIpc) is 3.06. The Balaban J connectivity index is 1.58. The van der Waals surface area contributed by atoms with Gasteiger partial charge in [0.05, 0.1) is 0 Å². The van der Waals surface area contributed by atoms with E-state index in [2.05, 4.69) is 0 Å². The minimum absolute atomic E-state index is 0.0338. The molecule has 3 amide bonds. The maximum Gasteiger partial charge on any atom is 0.352 e. The Morgan fingerprint density at radius 3 is 2.35 bits per heavy atom. The molecule has 2 heterocycles. The normalized spacial score (nSPS) is 21.2. The van der Waals surface area contributed by atoms with Crippen molar-refractivity contribution in [3.8, 4) is 0 Å². The molecule has 2 fully saturated rings. The van der Waals surface area contributed by atoms with Gasteiger partial charge in [0.2, 0.25) is 5.91 Å². The Labute approximate surface area is 132 Å². The summed E-state index contributed by atoms with van der Waals surface area (Å²) in [5, 5.41) is 0.498. The lowest BCUT2D eigenvalue weighted by Gasteiger charge is -2.18. The summed E-state index contributed by atoms with van der Waals surface area (Å²) >= 11 is 0. The van der Waals surface area contributed by atoms with Gasteiger partial charge in [-0.25, -0.2) is 4.79 Å². The third kappa shape index (κ3) is 3.23. The van der Waals surface area contributed by atoms with Crippen LogP contribution in [-0.4, -0.2) is 46.7 Å². The molecule has 0 bridgehead atoms. The van der Waals surface area contributed by atoms with Crippen LogP contribution >= 0.6 is 0 Å². The number of carbonyl (C=O) groups is 4. The van der Waals surface area contributed by atoms with E-state index >= 15 is 0 Å². The molecule has 3 rings (SSSR count). The molecule has 23 heavy (non-hydrogen) atoms. The van der Waals surface area contributed by atoms with E-state index in [1.807, 2.05) is 30.3 Å². The van der Waals surface area contributed by atoms with E-state index in [1.165, 1.54) is 4.90 Å². The second-order valence-corrected chi connectivity index (χ2v) is 5.63. The van der Waals surface area contributed by atoms with Crippen molar-refractivity contribution in [1.29, 1.82) is 0 Å². The molecule has 0 N–H and O–H groups in total. The third-order valence-corrected chi connectivity index (χ3v) is 4.00. The SMILES string of the molecule is O=C(CN1CC(c2ccccc2)CC1=O)ON1C(=O)CCC1=O. The Morgan fingerprint density at radius 1 is 1.04 bits per heavy atom. The van der Waals surface area contributed by atoms with Crippen LogP contribution in [0.25, 0.3) is 0 Å². The quantitative estimate of drug-likeness (QED) is 0.760. The van der Waals surface area contributed by atoms with Crippen molar-refractivity contribution in [1.82, 2.24) is 9.96 Å². The van der Waals surface area contributed by atoms with E-state index in [0.717, 1.165) is 5.56 Å². The number of hydroxylamine groups is 2. The summed E-state index contributed by atoms with van der Waals surface area (Å²) in [6.45, 7) is 0.152. The molecule has 0 aromatic heterocycles. The summed E-state index contributed by atoms with van der Waals surface area (Å²) in [5.74, 6) is -1.95. The lowest BCUT2D eigenvalue weighted by Crippen LogP contribution is -2.38. The predicted octanol–water partition coefficient (Wildman–Crippen LogP) is 0.610. The average molecular weight is 316 g/mol. The van der Waals surface area contributed by atoms with E-state index in [4.69, 9.17) is 4.84 Å². The largest absolute Gasteiger partial charge is 0.352 e. The lowest BCUT2D eigenvalue weighted by atomic mass is 9.99. The minimum Gasteiger partial charge on any atom is -0.331 e. The van der Waals surface area contributed by atoms with Gasteiger partial charge in [-0.15, -0.1) is 5.06 Å². The van der Waals surface area contributed by atoms with Crippen molar-refractivity contribution in [2.45, 2.75) is 25.2 Å². The standard InChI is InChI=1S/C16H16N2O5/c19-13-6-7-14(20)18(13)23-16(22)10-17-9-12(8-15(17)21)11-4-2-1-3-5-11/h1-5,12H,6-10H2. The summed E-state index contributed by atoms with van der Waals surface area (Å²) in [5.41, 5.74) is 1.04. The maximum absolute atomic E-state index is 12.0. The van der Waals surface area contributed by atoms with Crippen molar-refractivity contribution in [3.05, 3.63) is 35.9 Å². The van der Waals surface area contributed by atoms with Crippen molar-refractivity contribution < 1.29 is 24.0 Å². The van der Waals surface area contributed by atoms with E-state index in [0.29, 0.717) is 18.0 Å². The predicted molar refractivity (Wildman–Crippen MR) is 77.6 cm³/mol. The number of imide groups is 1. The van der Waals surface area contributed by atoms with Gasteiger partial charge in [-0.3, -0.25) is 14.4 Å². The highest BCUT2D eigenvalue weighted by Gasteiger charge is 2.35. The molecule has 2 aliphatic heterocycles. The molecule has 0 radical (unpaired) electrons. The highest BCUT2D eigenvalue weighted by molar-refractivity contribution is 6.01. The van der Waals surface area contributed by atoms with Gasteiger partial charge in [0.25, 0.3) is 11.8 Å². The first-order valence-electron chi connectivity index (χ1n) is 7.44. The van der Waals surface area contributed by atoms with Gasteiger partial charge in [0.1, 0.15) is 6.54 Å². The molecule has 0 spiro atoms. The van der Waals surface area contributed by atoms with Gasteiger partial charge in [0, 0.05) is 31.7 Å². The zero-order valence-electron chi connectivity index (χ0n) is 12.4. The Hall–Kier alpha value is -2.70. The van der Waals surface area contributed by atoms with Gasteiger partial charge in [-0.1, -0.05) is 30.3 Å². The molecule has 1 atom stereocenters. The maximum atomic E-state index is 12.0. The number of hydrogen-bond acceptors (Lipinski definition) is 5. The zero-order valence-corrected chi connectivity index (χ0v) is 12.4. The van der Waals surface area contributed by atoms with Crippen LogP contribution < -0.4 is 0 Å². The molecule has 2 aliphatic rings. The number of amides is 3. The van der Waals surface area contributed by atoms with Crippen LogP contribution in [0.4, 0.5) is 0 Å². The monoisotopic (exact) mass is 316 g/mol. The molecule has 0 aliphatic carbocycles. The third-order valence-electron chi connectivity index (χ3n) is 4.00. The van der Waals surface area contributed by atoms with Crippen LogP contribution in [-0.2, 0) is 24.0 Å². The molecule has 1 aromatic rings. The number of nitrogens with zero attached hydrogens (tertiary/aromatic N) is 2. The first-order chi connectivity index (χ1) is 11.0. The molecule has 120 valence electrons. The highest BCUT2D eigenvalue weighted by Crippen LogP contribution is 2.27. The van der Waals surface area contributed by atoms with Crippen molar-refractivity contribution >= 4 is 23.7 Å². The molecule has 7 heteroatoms. The Morgan fingerprint density at radius 2 is 1.70 bits per heavy atom. The second kappa shape index (κ2) is 6.20. The number of benzene rings is 1. The molecule has 0 saturated carbocycles. The van der Waals surface area contributed by atoms with Gasteiger partial charge in [-0.05, 0) is 5.56 Å². The van der Waals surface area contributed by atoms with E-state index in [9.17, 15) is 19.2 Å². The van der Waals surface area contributed by atoms with Crippen LogP contribution in [0.1, 0.15) is 30.7 Å². The van der Waals surface area contributed by atoms with E-state index in [-0.39, 0.29) is 31.2 Å². The van der Waals surface area contributed by atoms with Crippen LogP contribution in [0.5, 0.6) is 0 Å². The molecule has 1 aromatic carbocycles. The topological polar surface area (TPSA) is 84.0 Å². The van der Waals surface area contributed by atoms with Crippen molar-refractivity contribution in [3.63, 3.8) is 0 Å². The zero-order chi connectivity index (χ0) is 16.4. The summed E-state index contributed by atoms with van der Waals surface area (Å²) in [7, 11) is 0. The Kier molecular flexibility index (Phi) is 4.10. The molecule has 1 unspecified atom stereocenters. The summed E-state index contributed by atoms with van der Waals surface area (Å²) in [6.07, 6.45) is 0.425. The van der Waals surface area contributed by atoms with Crippen LogP contribution in [0.2, 0.25) is 0 Å². The molecule has 7 nitrogen and oxygen atoms in total. The molecule has 2 saturated heterocycles. The van der Waals surface area contributed by atoms with Crippen molar-refractivity contribution in [2.24, 2.45) is 0 Å². The summed E-state index contributed by atoms with van der Waals surface area (Å²) < 4.78 is 0. The number of hydrogen-bond donors (Lipinski definition) is 0. The number of carbonyl (C=O) groups excluding carboxylic acids is 4. The first kappa shape index (κ1) is 15.2. The Bertz CT molecular complexity index is 642.